The zero-order chi connectivity index (χ0) is 17.2. The lowest BCUT2D eigenvalue weighted by atomic mass is 10.1. The lowest BCUT2D eigenvalue weighted by Crippen LogP contribution is -2.09. The van der Waals surface area contributed by atoms with Crippen LogP contribution in [-0.4, -0.2) is 15.1 Å². The maximum atomic E-state index is 13.0. The molecule has 1 aromatic carbocycles. The first-order valence-electron chi connectivity index (χ1n) is 6.87. The van der Waals surface area contributed by atoms with Gasteiger partial charge in [-0.25, -0.2) is 9.97 Å². The van der Waals surface area contributed by atoms with Crippen molar-refractivity contribution in [1.82, 2.24) is 15.1 Å². The van der Waals surface area contributed by atoms with Gasteiger partial charge in [0.05, 0.1) is 11.3 Å². The summed E-state index contributed by atoms with van der Waals surface area (Å²) in [5.41, 5.74) is -0.864. The molecule has 2 heterocycles. The largest absolute Gasteiger partial charge is 0.418 e. The summed E-state index contributed by atoms with van der Waals surface area (Å²) in [4.78, 5) is 7.92. The number of halogens is 3. The van der Waals surface area contributed by atoms with Crippen LogP contribution in [0.5, 0.6) is 0 Å². The van der Waals surface area contributed by atoms with Crippen molar-refractivity contribution in [2.24, 2.45) is 0 Å². The maximum Gasteiger partial charge on any atom is 0.418 e. The number of nitrogens with zero attached hydrogens (tertiary/aromatic N) is 3. The highest BCUT2D eigenvalue weighted by atomic mass is 19.4. The van der Waals surface area contributed by atoms with E-state index in [0.29, 0.717) is 17.4 Å². The van der Waals surface area contributed by atoms with Crippen molar-refractivity contribution in [3.8, 4) is 0 Å². The highest BCUT2D eigenvalue weighted by molar-refractivity contribution is 5.64. The van der Waals surface area contributed by atoms with E-state index in [2.05, 4.69) is 25.8 Å². The van der Waals surface area contributed by atoms with E-state index in [0.717, 1.165) is 6.07 Å². The van der Waals surface area contributed by atoms with Gasteiger partial charge in [-0.15, -0.1) is 0 Å². The van der Waals surface area contributed by atoms with Gasteiger partial charge in [0, 0.05) is 12.1 Å². The van der Waals surface area contributed by atoms with Crippen LogP contribution in [0.2, 0.25) is 0 Å². The number of hydrogen-bond donors (Lipinski definition) is 2. The number of rotatable bonds is 4. The van der Waals surface area contributed by atoms with Gasteiger partial charge < -0.3 is 15.2 Å². The quantitative estimate of drug-likeness (QED) is 0.741. The van der Waals surface area contributed by atoms with Crippen molar-refractivity contribution >= 4 is 23.1 Å². The van der Waals surface area contributed by atoms with Crippen molar-refractivity contribution < 1.29 is 17.7 Å². The summed E-state index contributed by atoms with van der Waals surface area (Å²) in [6.45, 7) is 1.74. The van der Waals surface area contributed by atoms with Crippen molar-refractivity contribution in [1.29, 1.82) is 0 Å². The molecule has 0 saturated carbocycles. The first kappa shape index (κ1) is 15.8. The van der Waals surface area contributed by atoms with Crippen LogP contribution in [0.15, 0.2) is 47.2 Å². The molecule has 0 fully saturated rings. The van der Waals surface area contributed by atoms with Crippen molar-refractivity contribution in [2.45, 2.75) is 13.1 Å². The van der Waals surface area contributed by atoms with E-state index in [-0.39, 0.29) is 11.5 Å². The fraction of sp³-hybridized carbons (Fsp3) is 0.133. The van der Waals surface area contributed by atoms with E-state index >= 15 is 0 Å². The molecule has 124 valence electrons. The molecule has 0 atom stereocenters. The zero-order valence-corrected chi connectivity index (χ0v) is 12.4. The van der Waals surface area contributed by atoms with Crippen LogP contribution < -0.4 is 10.6 Å². The van der Waals surface area contributed by atoms with Crippen molar-refractivity contribution in [3.05, 3.63) is 54.0 Å². The number of benzene rings is 1. The van der Waals surface area contributed by atoms with Gasteiger partial charge in [0.25, 0.3) is 0 Å². The van der Waals surface area contributed by atoms with Gasteiger partial charge in [0.15, 0.2) is 5.82 Å². The van der Waals surface area contributed by atoms with E-state index in [1.165, 1.54) is 30.6 Å². The molecule has 9 heteroatoms. The van der Waals surface area contributed by atoms with Gasteiger partial charge in [-0.3, -0.25) is 0 Å². The molecule has 2 N–H and O–H groups in total. The molecule has 2 aromatic heterocycles. The van der Waals surface area contributed by atoms with Crippen LogP contribution in [-0.2, 0) is 6.18 Å². The number of aryl methyl sites for hydroxylation is 1. The lowest BCUT2D eigenvalue weighted by molar-refractivity contribution is -0.136. The molecule has 24 heavy (non-hydrogen) atoms. The summed E-state index contributed by atoms with van der Waals surface area (Å²) in [5, 5.41) is 9.29. The second kappa shape index (κ2) is 6.19. The Hall–Kier alpha value is -3.10. The Morgan fingerprint density at radius 2 is 1.67 bits per heavy atom. The van der Waals surface area contributed by atoms with Crippen LogP contribution in [0.4, 0.5) is 36.3 Å². The van der Waals surface area contributed by atoms with Crippen LogP contribution in [0, 0.1) is 6.92 Å². The Bertz CT molecular complexity index is 847. The minimum atomic E-state index is -4.46. The van der Waals surface area contributed by atoms with E-state index in [9.17, 15) is 13.2 Å². The van der Waals surface area contributed by atoms with Crippen LogP contribution in [0.3, 0.4) is 0 Å². The van der Waals surface area contributed by atoms with E-state index < -0.39 is 11.7 Å². The Balaban J connectivity index is 1.83. The topological polar surface area (TPSA) is 75.9 Å². The van der Waals surface area contributed by atoms with Gasteiger partial charge in [0.2, 0.25) is 0 Å². The molecule has 0 aliphatic heterocycles. The molecule has 3 rings (SSSR count). The average molecular weight is 335 g/mol. The first-order chi connectivity index (χ1) is 11.4. The standard InChI is InChI=1S/C15H12F3N5O/c1-9-6-14(23-24-9)22-13-7-12(19-8-20-13)21-11-5-3-2-4-10(11)15(16,17)18/h2-8H,1H3,(H2,19,20,21,22,23). The number of nitrogens with one attached hydrogen (secondary N) is 2. The predicted molar refractivity (Wildman–Crippen MR) is 81.3 cm³/mol. The highest BCUT2D eigenvalue weighted by Crippen LogP contribution is 2.35. The minimum Gasteiger partial charge on any atom is -0.360 e. The molecule has 0 aliphatic carbocycles. The normalized spacial score (nSPS) is 11.3. The third-order valence-electron chi connectivity index (χ3n) is 3.05. The van der Waals surface area contributed by atoms with Gasteiger partial charge >= 0.3 is 6.18 Å². The van der Waals surface area contributed by atoms with Crippen molar-refractivity contribution in [2.75, 3.05) is 10.6 Å². The number of para-hydroxylation sites is 1. The third kappa shape index (κ3) is 3.62. The molecule has 6 nitrogen and oxygen atoms in total. The summed E-state index contributed by atoms with van der Waals surface area (Å²) in [6.07, 6.45) is -3.23. The number of hydrogen-bond acceptors (Lipinski definition) is 6. The van der Waals surface area contributed by atoms with Crippen LogP contribution in [0.25, 0.3) is 0 Å². The highest BCUT2D eigenvalue weighted by Gasteiger charge is 2.33. The number of anilines is 4. The smallest absolute Gasteiger partial charge is 0.360 e. The first-order valence-corrected chi connectivity index (χ1v) is 6.87. The Kier molecular flexibility index (Phi) is 4.07. The van der Waals surface area contributed by atoms with Crippen molar-refractivity contribution in [3.63, 3.8) is 0 Å². The summed E-state index contributed by atoms with van der Waals surface area (Å²) < 4.78 is 44.0. The molecule has 0 spiro atoms. The third-order valence-corrected chi connectivity index (χ3v) is 3.05. The molecular formula is C15H12F3N5O. The number of aromatic nitrogens is 3. The van der Waals surface area contributed by atoms with E-state index in [1.807, 2.05) is 0 Å². The monoisotopic (exact) mass is 335 g/mol. The fourth-order valence-corrected chi connectivity index (χ4v) is 2.03. The summed E-state index contributed by atoms with van der Waals surface area (Å²) in [5.74, 6) is 1.63. The molecule has 0 aliphatic rings. The van der Waals surface area contributed by atoms with Gasteiger partial charge in [-0.2, -0.15) is 13.2 Å². The van der Waals surface area contributed by atoms with Crippen LogP contribution >= 0.6 is 0 Å². The van der Waals surface area contributed by atoms with Gasteiger partial charge in [-0.1, -0.05) is 17.3 Å². The van der Waals surface area contributed by atoms with E-state index in [1.54, 1.807) is 13.0 Å². The predicted octanol–water partition coefficient (Wildman–Crippen LogP) is 4.28. The average Bonchev–Trinajstić information content (AvgIpc) is 2.92. The molecule has 0 bridgehead atoms. The molecule has 3 aromatic rings. The Morgan fingerprint density at radius 3 is 2.33 bits per heavy atom. The molecular weight excluding hydrogens is 323 g/mol. The Labute approximate surface area is 134 Å². The Morgan fingerprint density at radius 1 is 0.958 bits per heavy atom. The SMILES string of the molecule is Cc1cc(Nc2cc(Nc3ccccc3C(F)(F)F)ncn2)no1. The molecule has 0 saturated heterocycles. The zero-order valence-electron chi connectivity index (χ0n) is 12.4. The molecule has 0 amide bonds. The number of alkyl halides is 3. The van der Waals surface area contributed by atoms with Gasteiger partial charge in [0.1, 0.15) is 23.7 Å². The van der Waals surface area contributed by atoms with E-state index in [4.69, 9.17) is 4.52 Å². The second-order valence-electron chi connectivity index (χ2n) is 4.90. The van der Waals surface area contributed by atoms with Gasteiger partial charge in [-0.05, 0) is 19.1 Å². The minimum absolute atomic E-state index is 0.0908. The molecule has 0 radical (unpaired) electrons. The molecule has 0 unspecified atom stereocenters. The summed E-state index contributed by atoms with van der Waals surface area (Å²) >= 11 is 0. The maximum absolute atomic E-state index is 13.0. The second-order valence-corrected chi connectivity index (χ2v) is 4.90. The lowest BCUT2D eigenvalue weighted by Gasteiger charge is -2.14. The van der Waals surface area contributed by atoms with Crippen LogP contribution in [0.1, 0.15) is 11.3 Å². The fourth-order valence-electron chi connectivity index (χ4n) is 2.03. The summed E-state index contributed by atoms with van der Waals surface area (Å²) in [7, 11) is 0. The summed E-state index contributed by atoms with van der Waals surface area (Å²) in [6, 6.07) is 8.30.